The van der Waals surface area contributed by atoms with Crippen LogP contribution in [0.2, 0.25) is 0 Å². The molecule has 1 saturated heterocycles. The summed E-state index contributed by atoms with van der Waals surface area (Å²) in [6.07, 6.45) is 6.79. The van der Waals surface area contributed by atoms with Crippen molar-refractivity contribution < 1.29 is 19.1 Å². The second-order valence-electron chi connectivity index (χ2n) is 4.74. The van der Waals surface area contributed by atoms with Gasteiger partial charge in [0.25, 0.3) is 5.79 Å². The van der Waals surface area contributed by atoms with Crippen LogP contribution in [0.5, 0.6) is 0 Å². The lowest BCUT2D eigenvalue weighted by Crippen LogP contribution is -2.48. The van der Waals surface area contributed by atoms with Gasteiger partial charge in [0.15, 0.2) is 5.92 Å². The molecule has 0 aromatic rings. The van der Waals surface area contributed by atoms with Gasteiger partial charge in [-0.25, -0.2) is 0 Å². The van der Waals surface area contributed by atoms with E-state index in [1.54, 1.807) is 13.8 Å². The van der Waals surface area contributed by atoms with Crippen LogP contribution in [0.3, 0.4) is 0 Å². The summed E-state index contributed by atoms with van der Waals surface area (Å²) in [5.41, 5.74) is 0. The van der Waals surface area contributed by atoms with Gasteiger partial charge in [0.05, 0.1) is 0 Å². The van der Waals surface area contributed by atoms with Crippen molar-refractivity contribution >= 4 is 11.9 Å². The SMILES string of the molecule is CC1(C)OC(=O)C(C2C=CCCC2)C(=O)O1. The lowest BCUT2D eigenvalue weighted by atomic mass is 9.84. The van der Waals surface area contributed by atoms with E-state index >= 15 is 0 Å². The third kappa shape index (κ3) is 2.10. The molecule has 1 unspecified atom stereocenters. The minimum absolute atomic E-state index is 0.0650. The molecule has 16 heavy (non-hydrogen) atoms. The fourth-order valence-corrected chi connectivity index (χ4v) is 2.19. The number of ether oxygens (including phenoxy) is 2. The first-order chi connectivity index (χ1) is 7.49. The van der Waals surface area contributed by atoms with E-state index in [1.165, 1.54) is 0 Å². The van der Waals surface area contributed by atoms with Gasteiger partial charge in [0, 0.05) is 19.8 Å². The van der Waals surface area contributed by atoms with Crippen molar-refractivity contribution in [2.45, 2.75) is 38.9 Å². The Kier molecular flexibility index (Phi) is 2.74. The molecule has 0 N–H and O–H groups in total. The zero-order valence-corrected chi connectivity index (χ0v) is 9.56. The highest BCUT2D eigenvalue weighted by Crippen LogP contribution is 2.32. The van der Waals surface area contributed by atoms with Crippen molar-refractivity contribution in [2.75, 3.05) is 0 Å². The minimum atomic E-state index is -1.12. The Morgan fingerprint density at radius 1 is 1.25 bits per heavy atom. The highest BCUT2D eigenvalue weighted by molar-refractivity contribution is 5.97. The van der Waals surface area contributed by atoms with Gasteiger partial charge in [-0.1, -0.05) is 12.2 Å². The second kappa shape index (κ2) is 3.92. The molecule has 0 aromatic carbocycles. The molecule has 1 heterocycles. The number of hydrogen-bond acceptors (Lipinski definition) is 4. The Morgan fingerprint density at radius 3 is 2.38 bits per heavy atom. The average Bonchev–Trinajstić information content (AvgIpc) is 2.16. The minimum Gasteiger partial charge on any atom is -0.422 e. The third-order valence-corrected chi connectivity index (χ3v) is 2.92. The van der Waals surface area contributed by atoms with E-state index in [0.717, 1.165) is 19.3 Å². The molecule has 0 aromatic heterocycles. The van der Waals surface area contributed by atoms with Crippen molar-refractivity contribution in [3.05, 3.63) is 12.2 Å². The first kappa shape index (κ1) is 11.2. The third-order valence-electron chi connectivity index (χ3n) is 2.92. The molecule has 1 aliphatic carbocycles. The molecule has 1 atom stereocenters. The topological polar surface area (TPSA) is 52.6 Å². The smallest absolute Gasteiger partial charge is 0.324 e. The molecule has 2 rings (SSSR count). The van der Waals surface area contributed by atoms with Gasteiger partial charge in [-0.3, -0.25) is 9.59 Å². The summed E-state index contributed by atoms with van der Waals surface area (Å²) >= 11 is 0. The molecular weight excluding hydrogens is 208 g/mol. The monoisotopic (exact) mass is 224 g/mol. The maximum Gasteiger partial charge on any atom is 0.324 e. The number of carbonyl (C=O) groups is 2. The van der Waals surface area contributed by atoms with Crippen molar-refractivity contribution in [1.29, 1.82) is 0 Å². The Hall–Kier alpha value is -1.32. The molecule has 2 aliphatic rings. The van der Waals surface area contributed by atoms with Gasteiger partial charge in [0.1, 0.15) is 0 Å². The van der Waals surface area contributed by atoms with Gasteiger partial charge in [-0.2, -0.15) is 0 Å². The predicted molar refractivity (Wildman–Crippen MR) is 56.2 cm³/mol. The summed E-state index contributed by atoms with van der Waals surface area (Å²) in [5.74, 6) is -2.88. The van der Waals surface area contributed by atoms with E-state index in [-0.39, 0.29) is 5.92 Å². The Balaban J connectivity index is 2.16. The Morgan fingerprint density at radius 2 is 1.88 bits per heavy atom. The lowest BCUT2D eigenvalue weighted by molar-refractivity contribution is -0.242. The molecular formula is C12H16O4. The van der Waals surface area contributed by atoms with Crippen LogP contribution in [0.4, 0.5) is 0 Å². The maximum absolute atomic E-state index is 11.8. The highest BCUT2D eigenvalue weighted by atomic mass is 16.7. The number of allylic oxidation sites excluding steroid dienone is 2. The van der Waals surface area contributed by atoms with Crippen LogP contribution in [0.15, 0.2) is 12.2 Å². The summed E-state index contributed by atoms with van der Waals surface area (Å²) in [5, 5.41) is 0. The second-order valence-corrected chi connectivity index (χ2v) is 4.74. The van der Waals surface area contributed by atoms with E-state index in [2.05, 4.69) is 0 Å². The predicted octanol–water partition coefficient (Wildman–Crippen LogP) is 1.79. The van der Waals surface area contributed by atoms with Crippen LogP contribution in [-0.2, 0) is 19.1 Å². The molecule has 0 radical (unpaired) electrons. The van der Waals surface area contributed by atoms with Crippen molar-refractivity contribution in [2.24, 2.45) is 11.8 Å². The lowest BCUT2D eigenvalue weighted by Gasteiger charge is -2.35. The number of cyclic esters (lactones) is 2. The highest BCUT2D eigenvalue weighted by Gasteiger charge is 2.46. The summed E-state index contributed by atoms with van der Waals surface area (Å²) in [6.45, 7) is 3.13. The van der Waals surface area contributed by atoms with Crippen LogP contribution in [0.25, 0.3) is 0 Å². The van der Waals surface area contributed by atoms with Gasteiger partial charge in [-0.05, 0) is 19.3 Å². The largest absolute Gasteiger partial charge is 0.422 e. The van der Waals surface area contributed by atoms with Gasteiger partial charge in [0.2, 0.25) is 0 Å². The number of esters is 2. The van der Waals surface area contributed by atoms with Crippen LogP contribution >= 0.6 is 0 Å². The fraction of sp³-hybridized carbons (Fsp3) is 0.667. The van der Waals surface area contributed by atoms with Gasteiger partial charge >= 0.3 is 11.9 Å². The molecule has 4 nitrogen and oxygen atoms in total. The van der Waals surface area contributed by atoms with E-state index in [4.69, 9.17) is 9.47 Å². The van der Waals surface area contributed by atoms with Gasteiger partial charge in [-0.15, -0.1) is 0 Å². The van der Waals surface area contributed by atoms with Gasteiger partial charge < -0.3 is 9.47 Å². The van der Waals surface area contributed by atoms with Crippen LogP contribution < -0.4 is 0 Å². The summed E-state index contributed by atoms with van der Waals surface area (Å²) in [6, 6.07) is 0. The van der Waals surface area contributed by atoms with Crippen LogP contribution in [0, 0.1) is 11.8 Å². The zero-order chi connectivity index (χ0) is 11.8. The normalized spacial score (nSPS) is 29.8. The van der Waals surface area contributed by atoms with E-state index in [9.17, 15) is 9.59 Å². The van der Waals surface area contributed by atoms with Crippen molar-refractivity contribution in [1.82, 2.24) is 0 Å². The van der Waals surface area contributed by atoms with Crippen LogP contribution in [-0.4, -0.2) is 17.7 Å². The number of carbonyl (C=O) groups excluding carboxylic acids is 2. The molecule has 0 spiro atoms. The molecule has 0 bridgehead atoms. The summed E-state index contributed by atoms with van der Waals surface area (Å²) in [7, 11) is 0. The molecule has 1 aliphatic heterocycles. The van der Waals surface area contributed by atoms with Crippen LogP contribution in [0.1, 0.15) is 33.1 Å². The van der Waals surface area contributed by atoms with E-state index in [1.807, 2.05) is 12.2 Å². The molecule has 0 saturated carbocycles. The van der Waals surface area contributed by atoms with E-state index in [0.29, 0.717) is 0 Å². The summed E-state index contributed by atoms with van der Waals surface area (Å²) < 4.78 is 10.2. The quantitative estimate of drug-likeness (QED) is 0.387. The molecule has 1 fully saturated rings. The number of hydrogen-bond donors (Lipinski definition) is 0. The maximum atomic E-state index is 11.8. The molecule has 0 amide bonds. The van der Waals surface area contributed by atoms with Crippen molar-refractivity contribution in [3.8, 4) is 0 Å². The van der Waals surface area contributed by atoms with E-state index < -0.39 is 23.6 Å². The van der Waals surface area contributed by atoms with Crippen molar-refractivity contribution in [3.63, 3.8) is 0 Å². The Labute approximate surface area is 94.6 Å². The first-order valence-electron chi connectivity index (χ1n) is 5.62. The molecule has 88 valence electrons. The number of rotatable bonds is 1. The first-order valence-corrected chi connectivity index (χ1v) is 5.62. The summed E-state index contributed by atoms with van der Waals surface area (Å²) in [4.78, 5) is 23.5. The Bertz CT molecular complexity index is 323. The molecule has 4 heteroatoms. The zero-order valence-electron chi connectivity index (χ0n) is 9.56. The standard InChI is InChI=1S/C12H16O4/c1-12(2)15-10(13)9(11(14)16-12)8-6-4-3-5-7-8/h4,6,8-9H,3,5,7H2,1-2H3. The average molecular weight is 224 g/mol. The fourth-order valence-electron chi connectivity index (χ4n) is 2.19.